The summed E-state index contributed by atoms with van der Waals surface area (Å²) in [5.41, 5.74) is 0.681. The highest BCUT2D eigenvalue weighted by molar-refractivity contribution is 14.0. The van der Waals surface area contributed by atoms with Crippen molar-refractivity contribution in [3.05, 3.63) is 35.6 Å². The lowest BCUT2D eigenvalue weighted by molar-refractivity contribution is -0.148. The van der Waals surface area contributed by atoms with Crippen LogP contribution in [-0.4, -0.2) is 38.2 Å². The zero-order valence-electron chi connectivity index (χ0n) is 15.3. The first-order valence-corrected chi connectivity index (χ1v) is 9.06. The molecular weight excluding hydrogens is 448 g/mol. The highest BCUT2D eigenvalue weighted by Crippen LogP contribution is 2.21. The van der Waals surface area contributed by atoms with Gasteiger partial charge in [0.2, 0.25) is 0 Å². The number of carbonyl (C=O) groups excluding carboxylic acids is 1. The van der Waals surface area contributed by atoms with Crippen molar-refractivity contribution >= 4 is 35.9 Å². The molecule has 1 fully saturated rings. The maximum atomic E-state index is 13.5. The largest absolute Gasteiger partial charge is 0.462 e. The van der Waals surface area contributed by atoms with E-state index in [0.717, 1.165) is 25.7 Å². The van der Waals surface area contributed by atoms with Gasteiger partial charge in [-0.05, 0) is 50.2 Å². The van der Waals surface area contributed by atoms with Crippen LogP contribution in [-0.2, 0) is 16.0 Å². The number of nitrogens with one attached hydrogen (secondary N) is 2. The number of halogens is 2. The number of benzene rings is 1. The minimum Gasteiger partial charge on any atom is -0.462 e. The van der Waals surface area contributed by atoms with Crippen LogP contribution in [0.25, 0.3) is 0 Å². The van der Waals surface area contributed by atoms with Gasteiger partial charge < -0.3 is 15.4 Å². The number of hydrogen-bond donors (Lipinski definition) is 2. The van der Waals surface area contributed by atoms with E-state index in [2.05, 4.69) is 15.6 Å². The van der Waals surface area contributed by atoms with Crippen LogP contribution in [0.15, 0.2) is 29.3 Å². The third-order valence-corrected chi connectivity index (χ3v) is 4.32. The van der Waals surface area contributed by atoms with Crippen molar-refractivity contribution in [1.29, 1.82) is 0 Å². The predicted molar refractivity (Wildman–Crippen MR) is 112 cm³/mol. The number of rotatable bonds is 8. The Balaban J connectivity index is 0.00000338. The van der Waals surface area contributed by atoms with Crippen LogP contribution >= 0.6 is 24.0 Å². The SMILES string of the molecule is CN=C(NCCCC(=O)OC1CCCC1)NCCc1ccccc1F.I. The lowest BCUT2D eigenvalue weighted by atomic mass is 10.1. The van der Waals surface area contributed by atoms with Crippen LogP contribution < -0.4 is 10.6 Å². The fraction of sp³-hybridized carbons (Fsp3) is 0.579. The van der Waals surface area contributed by atoms with E-state index in [1.165, 1.54) is 6.07 Å². The maximum absolute atomic E-state index is 13.5. The summed E-state index contributed by atoms with van der Waals surface area (Å²) in [6.45, 7) is 1.23. The highest BCUT2D eigenvalue weighted by atomic mass is 127. The fourth-order valence-electron chi connectivity index (χ4n) is 2.93. The first-order valence-electron chi connectivity index (χ1n) is 9.06. The van der Waals surface area contributed by atoms with Crippen molar-refractivity contribution in [2.24, 2.45) is 4.99 Å². The van der Waals surface area contributed by atoms with Crippen molar-refractivity contribution in [2.45, 2.75) is 51.0 Å². The van der Waals surface area contributed by atoms with E-state index in [4.69, 9.17) is 4.74 Å². The first-order chi connectivity index (χ1) is 12.2. The summed E-state index contributed by atoms with van der Waals surface area (Å²) in [6, 6.07) is 6.76. The molecule has 0 bridgehead atoms. The van der Waals surface area contributed by atoms with E-state index in [-0.39, 0.29) is 41.9 Å². The molecule has 0 heterocycles. The number of hydrogen-bond acceptors (Lipinski definition) is 3. The predicted octanol–water partition coefficient (Wildman–Crippen LogP) is 3.42. The summed E-state index contributed by atoms with van der Waals surface area (Å²) in [4.78, 5) is 15.9. The molecule has 7 heteroatoms. The Morgan fingerprint density at radius 2 is 1.92 bits per heavy atom. The second-order valence-corrected chi connectivity index (χ2v) is 6.27. The molecule has 1 aromatic rings. The van der Waals surface area contributed by atoms with E-state index in [0.29, 0.717) is 43.9 Å². The number of nitrogens with zero attached hydrogens (tertiary/aromatic N) is 1. The minimum absolute atomic E-state index is 0. The summed E-state index contributed by atoms with van der Waals surface area (Å²) in [6.07, 6.45) is 6.15. The van der Waals surface area contributed by atoms with Crippen molar-refractivity contribution in [3.8, 4) is 0 Å². The third-order valence-electron chi connectivity index (χ3n) is 4.32. The van der Waals surface area contributed by atoms with Crippen molar-refractivity contribution in [2.75, 3.05) is 20.1 Å². The smallest absolute Gasteiger partial charge is 0.306 e. The zero-order valence-corrected chi connectivity index (χ0v) is 17.6. The molecule has 2 N–H and O–H groups in total. The second kappa shape index (κ2) is 12.9. The van der Waals surface area contributed by atoms with E-state index >= 15 is 0 Å². The van der Waals surface area contributed by atoms with E-state index in [1.54, 1.807) is 19.2 Å². The van der Waals surface area contributed by atoms with Gasteiger partial charge in [-0.3, -0.25) is 9.79 Å². The molecule has 0 saturated heterocycles. The Labute approximate surface area is 172 Å². The number of carbonyl (C=O) groups is 1. The Morgan fingerprint density at radius 3 is 2.62 bits per heavy atom. The summed E-state index contributed by atoms with van der Waals surface area (Å²) < 4.78 is 19.0. The Morgan fingerprint density at radius 1 is 1.23 bits per heavy atom. The van der Waals surface area contributed by atoms with Crippen molar-refractivity contribution in [1.82, 2.24) is 10.6 Å². The van der Waals surface area contributed by atoms with E-state index in [1.807, 2.05) is 6.07 Å². The molecule has 0 atom stereocenters. The number of ether oxygens (including phenoxy) is 1. The molecule has 0 radical (unpaired) electrons. The standard InChI is InChI=1S/C19H28FN3O2.HI/c1-21-19(23-14-12-15-7-2-5-10-17(15)20)22-13-6-11-18(24)25-16-8-3-4-9-16;/h2,5,7,10,16H,3-4,6,8-9,11-14H2,1H3,(H2,21,22,23);1H. The topological polar surface area (TPSA) is 62.7 Å². The van der Waals surface area contributed by atoms with E-state index < -0.39 is 0 Å². The molecular formula is C19H29FIN3O2. The van der Waals surface area contributed by atoms with Crippen molar-refractivity contribution in [3.63, 3.8) is 0 Å². The molecule has 1 aromatic carbocycles. The summed E-state index contributed by atoms with van der Waals surface area (Å²) in [7, 11) is 1.69. The monoisotopic (exact) mass is 477 g/mol. The molecule has 0 aromatic heterocycles. The van der Waals surface area contributed by atoms with Crippen LogP contribution in [0.5, 0.6) is 0 Å². The van der Waals surface area contributed by atoms with Crippen LogP contribution in [0.3, 0.4) is 0 Å². The Hall–Kier alpha value is -1.38. The van der Waals surface area contributed by atoms with Gasteiger partial charge in [-0.1, -0.05) is 18.2 Å². The molecule has 26 heavy (non-hydrogen) atoms. The molecule has 0 spiro atoms. The molecule has 1 saturated carbocycles. The van der Waals surface area contributed by atoms with Crippen LogP contribution in [0, 0.1) is 5.82 Å². The Kier molecular flexibility index (Phi) is 11.2. The third kappa shape index (κ3) is 8.33. The molecule has 0 amide bonds. The maximum Gasteiger partial charge on any atom is 0.306 e. The average Bonchev–Trinajstić information content (AvgIpc) is 3.11. The lowest BCUT2D eigenvalue weighted by Gasteiger charge is -2.13. The first kappa shape index (κ1) is 22.7. The molecule has 5 nitrogen and oxygen atoms in total. The van der Waals surface area contributed by atoms with E-state index in [9.17, 15) is 9.18 Å². The van der Waals surface area contributed by atoms with Crippen LogP contribution in [0.4, 0.5) is 4.39 Å². The van der Waals surface area contributed by atoms with Gasteiger partial charge in [0.1, 0.15) is 11.9 Å². The fourth-order valence-corrected chi connectivity index (χ4v) is 2.93. The molecule has 1 aliphatic carbocycles. The summed E-state index contributed by atoms with van der Waals surface area (Å²) in [5.74, 6) is 0.352. The Bertz CT molecular complexity index is 578. The van der Waals surface area contributed by atoms with Gasteiger partial charge in [0.25, 0.3) is 0 Å². The van der Waals surface area contributed by atoms with Gasteiger partial charge in [-0.15, -0.1) is 24.0 Å². The normalized spacial score (nSPS) is 14.6. The van der Waals surface area contributed by atoms with Gasteiger partial charge in [0, 0.05) is 26.6 Å². The van der Waals surface area contributed by atoms with Crippen LogP contribution in [0.2, 0.25) is 0 Å². The minimum atomic E-state index is -0.187. The van der Waals surface area contributed by atoms with Gasteiger partial charge >= 0.3 is 5.97 Å². The molecule has 2 rings (SSSR count). The molecule has 146 valence electrons. The average molecular weight is 477 g/mol. The molecule has 1 aliphatic rings. The number of guanidine groups is 1. The quantitative estimate of drug-likeness (QED) is 0.198. The number of esters is 1. The lowest BCUT2D eigenvalue weighted by Crippen LogP contribution is -2.39. The molecule has 0 unspecified atom stereocenters. The van der Waals surface area contributed by atoms with Crippen LogP contribution in [0.1, 0.15) is 44.1 Å². The van der Waals surface area contributed by atoms with Gasteiger partial charge in [-0.25, -0.2) is 4.39 Å². The summed E-state index contributed by atoms with van der Waals surface area (Å²) in [5, 5.41) is 6.30. The number of aliphatic imine (C=N–C) groups is 1. The van der Waals surface area contributed by atoms with Gasteiger partial charge in [-0.2, -0.15) is 0 Å². The zero-order chi connectivity index (χ0) is 17.9. The highest BCUT2D eigenvalue weighted by Gasteiger charge is 2.18. The molecule has 0 aliphatic heterocycles. The van der Waals surface area contributed by atoms with Gasteiger partial charge in [0.15, 0.2) is 5.96 Å². The van der Waals surface area contributed by atoms with Gasteiger partial charge in [0.05, 0.1) is 0 Å². The second-order valence-electron chi connectivity index (χ2n) is 6.27. The summed E-state index contributed by atoms with van der Waals surface area (Å²) >= 11 is 0. The van der Waals surface area contributed by atoms with Crippen molar-refractivity contribution < 1.29 is 13.9 Å².